The van der Waals surface area contributed by atoms with Crippen LogP contribution in [0, 0.1) is 0 Å². The van der Waals surface area contributed by atoms with Gasteiger partial charge >= 0.3 is 5.97 Å². The molecule has 1 aliphatic heterocycles. The van der Waals surface area contributed by atoms with Crippen LogP contribution in [0.3, 0.4) is 0 Å². The van der Waals surface area contributed by atoms with Crippen molar-refractivity contribution in [1.29, 1.82) is 0 Å². The number of ether oxygens (including phenoxy) is 1. The Bertz CT molecular complexity index is 549. The standard InChI is InChI=1S/C18H26N2O4S/c1-20(15-9-11-24-12-10-15)17(21)8-7-16(18(22)23)19-25-13-14-5-3-2-4-6-14/h2-6,15-16,19H,7-13H2,1H3,(H,22,23). The Morgan fingerprint density at radius 1 is 1.32 bits per heavy atom. The molecule has 6 nitrogen and oxygen atoms in total. The summed E-state index contributed by atoms with van der Waals surface area (Å²) in [6, 6.07) is 9.31. The second-order valence-corrected chi connectivity index (χ2v) is 6.98. The zero-order chi connectivity index (χ0) is 18.1. The summed E-state index contributed by atoms with van der Waals surface area (Å²) in [6.07, 6.45) is 2.19. The number of rotatable bonds is 9. The zero-order valence-electron chi connectivity index (χ0n) is 14.5. The first kappa shape index (κ1) is 19.8. The number of nitrogens with zero attached hydrogens (tertiary/aromatic N) is 1. The first-order valence-corrected chi connectivity index (χ1v) is 9.54. The lowest BCUT2D eigenvalue weighted by Crippen LogP contribution is -2.41. The van der Waals surface area contributed by atoms with E-state index in [1.807, 2.05) is 30.3 Å². The number of carbonyl (C=O) groups is 2. The number of carboxylic acids is 1. The Morgan fingerprint density at radius 3 is 2.64 bits per heavy atom. The number of carboxylic acid groups (broad SMARTS) is 1. The van der Waals surface area contributed by atoms with Gasteiger partial charge in [-0.1, -0.05) is 42.3 Å². The second kappa shape index (κ2) is 10.4. The van der Waals surface area contributed by atoms with Gasteiger partial charge in [-0.3, -0.25) is 9.59 Å². The van der Waals surface area contributed by atoms with E-state index in [1.165, 1.54) is 11.9 Å². The van der Waals surface area contributed by atoms with Crippen molar-refractivity contribution in [3.8, 4) is 0 Å². The molecule has 1 unspecified atom stereocenters. The van der Waals surface area contributed by atoms with Crippen molar-refractivity contribution < 1.29 is 19.4 Å². The van der Waals surface area contributed by atoms with Gasteiger partial charge in [-0.15, -0.1) is 0 Å². The monoisotopic (exact) mass is 366 g/mol. The highest BCUT2D eigenvalue weighted by Crippen LogP contribution is 2.16. The molecule has 0 spiro atoms. The number of hydrogen-bond donors (Lipinski definition) is 2. The second-order valence-electron chi connectivity index (χ2n) is 6.17. The third kappa shape index (κ3) is 6.68. The fraction of sp³-hybridized carbons (Fsp3) is 0.556. The lowest BCUT2D eigenvalue weighted by atomic mass is 10.1. The molecule has 1 aromatic carbocycles. The van der Waals surface area contributed by atoms with Crippen LogP contribution in [-0.4, -0.2) is 54.2 Å². The van der Waals surface area contributed by atoms with Crippen molar-refractivity contribution in [1.82, 2.24) is 9.62 Å². The summed E-state index contributed by atoms with van der Waals surface area (Å²) in [6.45, 7) is 1.36. The molecule has 0 radical (unpaired) electrons. The van der Waals surface area contributed by atoms with E-state index in [1.54, 1.807) is 11.9 Å². The quantitative estimate of drug-likeness (QED) is 0.653. The maximum Gasteiger partial charge on any atom is 0.321 e. The average molecular weight is 366 g/mol. The van der Waals surface area contributed by atoms with Crippen LogP contribution in [0.15, 0.2) is 30.3 Å². The van der Waals surface area contributed by atoms with Gasteiger partial charge in [-0.2, -0.15) is 0 Å². The molecule has 1 saturated heterocycles. The molecule has 0 aliphatic carbocycles. The van der Waals surface area contributed by atoms with Gasteiger partial charge in [0.15, 0.2) is 0 Å². The highest BCUT2D eigenvalue weighted by molar-refractivity contribution is 7.96. The summed E-state index contributed by atoms with van der Waals surface area (Å²) in [5.74, 6) is -0.254. The topological polar surface area (TPSA) is 78.9 Å². The van der Waals surface area contributed by atoms with E-state index in [0.717, 1.165) is 18.4 Å². The molecule has 1 heterocycles. The highest BCUT2D eigenvalue weighted by atomic mass is 32.2. The zero-order valence-corrected chi connectivity index (χ0v) is 15.3. The third-order valence-electron chi connectivity index (χ3n) is 4.38. The molecule has 138 valence electrons. The van der Waals surface area contributed by atoms with Gasteiger partial charge in [0.05, 0.1) is 0 Å². The first-order valence-electron chi connectivity index (χ1n) is 8.55. The van der Waals surface area contributed by atoms with Crippen molar-refractivity contribution in [2.75, 3.05) is 20.3 Å². The molecule has 0 saturated carbocycles. The minimum Gasteiger partial charge on any atom is -0.480 e. The van der Waals surface area contributed by atoms with Crippen LogP contribution in [0.5, 0.6) is 0 Å². The molecule has 25 heavy (non-hydrogen) atoms. The van der Waals surface area contributed by atoms with Gasteiger partial charge in [-0.25, -0.2) is 4.72 Å². The van der Waals surface area contributed by atoms with Crippen molar-refractivity contribution in [2.24, 2.45) is 0 Å². The summed E-state index contributed by atoms with van der Waals surface area (Å²) in [5.41, 5.74) is 1.12. The molecule has 0 aromatic heterocycles. The summed E-state index contributed by atoms with van der Waals surface area (Å²) in [5, 5.41) is 9.35. The van der Waals surface area contributed by atoms with Gasteiger partial charge < -0.3 is 14.7 Å². The van der Waals surface area contributed by atoms with E-state index in [-0.39, 0.29) is 24.8 Å². The molecule has 2 N–H and O–H groups in total. The fourth-order valence-electron chi connectivity index (χ4n) is 2.75. The van der Waals surface area contributed by atoms with E-state index in [9.17, 15) is 14.7 Å². The van der Waals surface area contributed by atoms with Gasteiger partial charge in [0.25, 0.3) is 0 Å². The van der Waals surface area contributed by atoms with Crippen LogP contribution in [0.1, 0.15) is 31.2 Å². The molecule has 1 aromatic rings. The molecule has 7 heteroatoms. The normalized spacial score (nSPS) is 16.4. The van der Waals surface area contributed by atoms with E-state index in [0.29, 0.717) is 19.0 Å². The maximum absolute atomic E-state index is 12.3. The average Bonchev–Trinajstić information content (AvgIpc) is 2.65. The SMILES string of the molecule is CN(C(=O)CCC(NSCc1ccccc1)C(=O)O)C1CCOCC1. The smallest absolute Gasteiger partial charge is 0.321 e. The minimum atomic E-state index is -0.929. The van der Waals surface area contributed by atoms with E-state index in [4.69, 9.17) is 4.74 Å². The number of aliphatic carboxylic acids is 1. The summed E-state index contributed by atoms with van der Waals surface area (Å²) in [7, 11) is 1.80. The molecule has 1 fully saturated rings. The van der Waals surface area contributed by atoms with Gasteiger partial charge in [0.1, 0.15) is 6.04 Å². The molecule has 0 bridgehead atoms. The molecular weight excluding hydrogens is 340 g/mol. The first-order chi connectivity index (χ1) is 12.1. The maximum atomic E-state index is 12.3. The summed E-state index contributed by atoms with van der Waals surface area (Å²) in [4.78, 5) is 25.5. The van der Waals surface area contributed by atoms with Crippen molar-refractivity contribution >= 4 is 23.8 Å². The molecule has 1 atom stereocenters. The number of hydrogen-bond acceptors (Lipinski definition) is 5. The van der Waals surface area contributed by atoms with Crippen LogP contribution in [0.2, 0.25) is 0 Å². The predicted molar refractivity (Wildman–Crippen MR) is 98.1 cm³/mol. The number of benzene rings is 1. The molecule has 2 rings (SSSR count). The minimum absolute atomic E-state index is 0.00647. The van der Waals surface area contributed by atoms with E-state index in [2.05, 4.69) is 4.72 Å². The Hall–Kier alpha value is -1.57. The Morgan fingerprint density at radius 2 is 2.00 bits per heavy atom. The number of nitrogens with one attached hydrogen (secondary N) is 1. The molecule has 1 aliphatic rings. The van der Waals surface area contributed by atoms with Gasteiger partial charge in [0, 0.05) is 38.5 Å². The number of amides is 1. The fourth-order valence-corrected chi connectivity index (χ4v) is 3.62. The number of carbonyl (C=O) groups excluding carboxylic acids is 1. The Labute approximate surface area is 153 Å². The predicted octanol–water partition coefficient (Wildman–Crippen LogP) is 2.30. The van der Waals surface area contributed by atoms with Crippen LogP contribution in [0.4, 0.5) is 0 Å². The lowest BCUT2D eigenvalue weighted by Gasteiger charge is -2.31. The van der Waals surface area contributed by atoms with Gasteiger partial charge in [0.2, 0.25) is 5.91 Å². The van der Waals surface area contributed by atoms with Crippen LogP contribution >= 0.6 is 11.9 Å². The lowest BCUT2D eigenvalue weighted by molar-refractivity contribution is -0.139. The van der Waals surface area contributed by atoms with E-state index >= 15 is 0 Å². The van der Waals surface area contributed by atoms with E-state index < -0.39 is 12.0 Å². The molecule has 1 amide bonds. The Balaban J connectivity index is 1.74. The van der Waals surface area contributed by atoms with Crippen LogP contribution < -0.4 is 4.72 Å². The van der Waals surface area contributed by atoms with Crippen molar-refractivity contribution in [3.05, 3.63) is 35.9 Å². The summed E-state index contributed by atoms with van der Waals surface area (Å²) >= 11 is 1.36. The van der Waals surface area contributed by atoms with Crippen LogP contribution in [0.25, 0.3) is 0 Å². The highest BCUT2D eigenvalue weighted by Gasteiger charge is 2.24. The van der Waals surface area contributed by atoms with Crippen molar-refractivity contribution in [3.63, 3.8) is 0 Å². The van der Waals surface area contributed by atoms with Crippen LogP contribution in [-0.2, 0) is 20.1 Å². The molecular formula is C18H26N2O4S. The third-order valence-corrected chi connectivity index (χ3v) is 5.31. The van der Waals surface area contributed by atoms with Gasteiger partial charge in [-0.05, 0) is 24.8 Å². The summed E-state index contributed by atoms with van der Waals surface area (Å²) < 4.78 is 8.28. The van der Waals surface area contributed by atoms with Crippen molar-refractivity contribution in [2.45, 2.75) is 43.5 Å². The largest absolute Gasteiger partial charge is 0.480 e. The Kier molecular flexibility index (Phi) is 8.24.